The summed E-state index contributed by atoms with van der Waals surface area (Å²) in [6, 6.07) is 12.2. The average molecular weight is 357 g/mol. The number of hydrogen-bond acceptors (Lipinski definition) is 4. The van der Waals surface area contributed by atoms with Crippen LogP contribution in [0.15, 0.2) is 36.4 Å². The van der Waals surface area contributed by atoms with Crippen molar-refractivity contribution >= 4 is 29.2 Å². The maximum absolute atomic E-state index is 11.8. The van der Waals surface area contributed by atoms with Gasteiger partial charge in [0.25, 0.3) is 5.91 Å². The minimum Gasteiger partial charge on any atom is -0.455 e. The van der Waals surface area contributed by atoms with Crippen LogP contribution in [0.2, 0.25) is 5.02 Å². The number of aryl methyl sites for hydroxylation is 2. The maximum atomic E-state index is 11.8. The van der Waals surface area contributed by atoms with Crippen LogP contribution in [0.4, 0.5) is 5.69 Å². The van der Waals surface area contributed by atoms with Crippen molar-refractivity contribution in [1.29, 1.82) is 5.26 Å². The van der Waals surface area contributed by atoms with Crippen LogP contribution in [0.25, 0.3) is 0 Å². The van der Waals surface area contributed by atoms with E-state index >= 15 is 0 Å². The van der Waals surface area contributed by atoms with Crippen molar-refractivity contribution in [3.8, 4) is 6.07 Å². The number of carbonyl (C=O) groups is 2. The number of hydrogen-bond donors (Lipinski definition) is 1. The van der Waals surface area contributed by atoms with Gasteiger partial charge in [-0.1, -0.05) is 29.8 Å². The summed E-state index contributed by atoms with van der Waals surface area (Å²) in [4.78, 5) is 23.7. The third kappa shape index (κ3) is 5.33. The van der Waals surface area contributed by atoms with Crippen molar-refractivity contribution in [3.63, 3.8) is 0 Å². The number of benzene rings is 2. The zero-order chi connectivity index (χ0) is 18.4. The van der Waals surface area contributed by atoms with Gasteiger partial charge in [-0.05, 0) is 48.7 Å². The lowest BCUT2D eigenvalue weighted by atomic mass is 10.0. The number of nitrogens with one attached hydrogen (secondary N) is 1. The van der Waals surface area contributed by atoms with Crippen molar-refractivity contribution in [1.82, 2.24) is 0 Å². The molecule has 2 aromatic carbocycles. The molecule has 0 fully saturated rings. The van der Waals surface area contributed by atoms with Gasteiger partial charge in [0, 0.05) is 5.69 Å². The Labute approximate surface area is 151 Å². The molecule has 128 valence electrons. The molecule has 0 unspecified atom stereocenters. The van der Waals surface area contributed by atoms with Gasteiger partial charge in [-0.15, -0.1) is 0 Å². The van der Waals surface area contributed by atoms with E-state index < -0.39 is 11.9 Å². The van der Waals surface area contributed by atoms with E-state index in [0.717, 1.165) is 16.7 Å². The van der Waals surface area contributed by atoms with Crippen LogP contribution in [-0.4, -0.2) is 18.5 Å². The second-order valence-corrected chi connectivity index (χ2v) is 6.02. The van der Waals surface area contributed by atoms with E-state index in [1.807, 2.05) is 38.1 Å². The Morgan fingerprint density at radius 1 is 1.16 bits per heavy atom. The number of esters is 1. The largest absolute Gasteiger partial charge is 0.455 e. The Balaban J connectivity index is 1.85. The van der Waals surface area contributed by atoms with Gasteiger partial charge in [-0.2, -0.15) is 5.26 Å². The standard InChI is InChI=1S/C19H17ClN2O3/c1-12-3-4-14(7-13(12)2)8-19(24)25-11-18(23)22-16-6-5-15(10-21)17(20)9-16/h3-7,9H,8,11H2,1-2H3,(H,22,23). The fourth-order valence-corrected chi connectivity index (χ4v) is 2.38. The summed E-state index contributed by atoms with van der Waals surface area (Å²) in [5.74, 6) is -0.953. The van der Waals surface area contributed by atoms with Crippen LogP contribution in [0, 0.1) is 25.2 Å². The normalized spacial score (nSPS) is 10.0. The molecule has 0 saturated heterocycles. The molecule has 0 aliphatic heterocycles. The molecule has 0 aromatic heterocycles. The van der Waals surface area contributed by atoms with Crippen LogP contribution in [0.1, 0.15) is 22.3 Å². The molecule has 2 rings (SSSR count). The van der Waals surface area contributed by atoms with E-state index in [4.69, 9.17) is 21.6 Å². The number of rotatable bonds is 5. The summed E-state index contributed by atoms with van der Waals surface area (Å²) in [7, 11) is 0. The van der Waals surface area contributed by atoms with Gasteiger partial charge in [0.15, 0.2) is 6.61 Å². The number of ether oxygens (including phenoxy) is 1. The maximum Gasteiger partial charge on any atom is 0.310 e. The first kappa shape index (κ1) is 18.5. The molecular formula is C19H17ClN2O3. The first-order valence-electron chi connectivity index (χ1n) is 7.60. The van der Waals surface area contributed by atoms with Gasteiger partial charge in [-0.3, -0.25) is 9.59 Å². The van der Waals surface area contributed by atoms with Gasteiger partial charge in [0.05, 0.1) is 17.0 Å². The molecule has 1 amide bonds. The van der Waals surface area contributed by atoms with Crippen LogP contribution < -0.4 is 5.32 Å². The summed E-state index contributed by atoms with van der Waals surface area (Å²) in [5, 5.41) is 11.6. The molecule has 2 aromatic rings. The van der Waals surface area contributed by atoms with E-state index in [1.165, 1.54) is 12.1 Å². The molecule has 0 saturated carbocycles. The van der Waals surface area contributed by atoms with E-state index in [-0.39, 0.29) is 18.1 Å². The molecule has 0 atom stereocenters. The van der Waals surface area contributed by atoms with E-state index in [0.29, 0.717) is 11.3 Å². The minimum atomic E-state index is -0.478. The van der Waals surface area contributed by atoms with Gasteiger partial charge in [0.1, 0.15) is 6.07 Å². The monoisotopic (exact) mass is 356 g/mol. The number of nitrogens with zero attached hydrogens (tertiary/aromatic N) is 1. The third-order valence-electron chi connectivity index (χ3n) is 3.66. The van der Waals surface area contributed by atoms with Crippen molar-refractivity contribution in [3.05, 3.63) is 63.7 Å². The average Bonchev–Trinajstić information content (AvgIpc) is 2.56. The molecule has 1 N–H and O–H groups in total. The van der Waals surface area contributed by atoms with Crippen LogP contribution >= 0.6 is 11.6 Å². The van der Waals surface area contributed by atoms with Crippen molar-refractivity contribution in [2.45, 2.75) is 20.3 Å². The molecular weight excluding hydrogens is 340 g/mol. The van der Waals surface area contributed by atoms with E-state index in [2.05, 4.69) is 5.32 Å². The Kier molecular flexibility index (Phi) is 6.15. The summed E-state index contributed by atoms with van der Waals surface area (Å²) < 4.78 is 4.99. The van der Waals surface area contributed by atoms with Gasteiger partial charge in [0.2, 0.25) is 0 Å². The van der Waals surface area contributed by atoms with E-state index in [1.54, 1.807) is 6.07 Å². The lowest BCUT2D eigenvalue weighted by molar-refractivity contribution is -0.146. The number of amides is 1. The molecule has 0 aliphatic rings. The summed E-state index contributed by atoms with van der Waals surface area (Å²) in [6.45, 7) is 3.58. The predicted molar refractivity (Wildman–Crippen MR) is 95.4 cm³/mol. The molecule has 0 radical (unpaired) electrons. The highest BCUT2D eigenvalue weighted by molar-refractivity contribution is 6.32. The highest BCUT2D eigenvalue weighted by Crippen LogP contribution is 2.20. The topological polar surface area (TPSA) is 79.2 Å². The zero-order valence-corrected chi connectivity index (χ0v) is 14.7. The van der Waals surface area contributed by atoms with Gasteiger partial charge in [-0.25, -0.2) is 0 Å². The molecule has 5 nitrogen and oxygen atoms in total. The minimum absolute atomic E-state index is 0.108. The van der Waals surface area contributed by atoms with Crippen molar-refractivity contribution < 1.29 is 14.3 Å². The number of carbonyl (C=O) groups excluding carboxylic acids is 2. The lowest BCUT2D eigenvalue weighted by Crippen LogP contribution is -2.21. The molecule has 0 heterocycles. The van der Waals surface area contributed by atoms with Crippen LogP contribution in [-0.2, 0) is 20.7 Å². The number of anilines is 1. The van der Waals surface area contributed by atoms with Gasteiger partial charge >= 0.3 is 5.97 Å². The molecule has 0 aliphatic carbocycles. The first-order chi connectivity index (χ1) is 11.9. The lowest BCUT2D eigenvalue weighted by Gasteiger charge is -2.08. The molecule has 0 spiro atoms. The quantitative estimate of drug-likeness (QED) is 0.831. The smallest absolute Gasteiger partial charge is 0.310 e. The second-order valence-electron chi connectivity index (χ2n) is 5.61. The highest BCUT2D eigenvalue weighted by atomic mass is 35.5. The van der Waals surface area contributed by atoms with Crippen LogP contribution in [0.5, 0.6) is 0 Å². The van der Waals surface area contributed by atoms with Crippen molar-refractivity contribution in [2.24, 2.45) is 0 Å². The predicted octanol–water partition coefficient (Wildman–Crippen LogP) is 3.55. The Bertz CT molecular complexity index is 856. The van der Waals surface area contributed by atoms with Gasteiger partial charge < -0.3 is 10.1 Å². The Hall–Kier alpha value is -2.84. The second kappa shape index (κ2) is 8.32. The summed E-state index contributed by atoms with van der Waals surface area (Å²) in [6.07, 6.45) is 0.108. The Morgan fingerprint density at radius 3 is 2.56 bits per heavy atom. The zero-order valence-electron chi connectivity index (χ0n) is 13.9. The summed E-state index contributed by atoms with van der Waals surface area (Å²) >= 11 is 5.90. The number of nitriles is 1. The SMILES string of the molecule is Cc1ccc(CC(=O)OCC(=O)Nc2ccc(C#N)c(Cl)c2)cc1C. The Morgan fingerprint density at radius 2 is 1.92 bits per heavy atom. The summed E-state index contributed by atoms with van der Waals surface area (Å²) in [5.41, 5.74) is 3.84. The van der Waals surface area contributed by atoms with E-state index in [9.17, 15) is 9.59 Å². The van der Waals surface area contributed by atoms with Crippen molar-refractivity contribution in [2.75, 3.05) is 11.9 Å². The third-order valence-corrected chi connectivity index (χ3v) is 3.97. The highest BCUT2D eigenvalue weighted by Gasteiger charge is 2.10. The molecule has 25 heavy (non-hydrogen) atoms. The molecule has 6 heteroatoms. The number of halogens is 1. The van der Waals surface area contributed by atoms with Crippen LogP contribution in [0.3, 0.4) is 0 Å². The fraction of sp³-hybridized carbons (Fsp3) is 0.211. The fourth-order valence-electron chi connectivity index (χ4n) is 2.16. The first-order valence-corrected chi connectivity index (χ1v) is 7.98. The molecule has 0 bridgehead atoms.